The highest BCUT2D eigenvalue weighted by atomic mass is 16.3. The van der Waals surface area contributed by atoms with Crippen molar-refractivity contribution in [1.82, 2.24) is 14.8 Å². The largest absolute Gasteiger partial charge is 0.436 e. The Morgan fingerprint density at radius 3 is 2.40 bits per heavy atom. The van der Waals surface area contributed by atoms with Crippen LogP contribution in [0.3, 0.4) is 0 Å². The predicted octanol–water partition coefficient (Wildman–Crippen LogP) is 5.70. The SMILES string of the molecule is Cc1[nH]n(-c2ccccc2)c(=O)c1N=Nc1ccc(-c2nc3ccccc3o2)cc1. The molecule has 0 saturated carbocycles. The minimum Gasteiger partial charge on any atom is -0.436 e. The van der Waals surface area contributed by atoms with Crippen LogP contribution in [0.1, 0.15) is 5.69 Å². The number of aromatic amines is 1. The van der Waals surface area contributed by atoms with E-state index in [-0.39, 0.29) is 11.2 Å². The number of nitrogens with one attached hydrogen (secondary N) is 1. The average molecular weight is 395 g/mol. The highest BCUT2D eigenvalue weighted by Gasteiger charge is 2.12. The molecule has 5 aromatic rings. The molecule has 0 amide bonds. The van der Waals surface area contributed by atoms with Crippen molar-refractivity contribution in [1.29, 1.82) is 0 Å². The van der Waals surface area contributed by atoms with E-state index >= 15 is 0 Å². The number of rotatable bonds is 4. The van der Waals surface area contributed by atoms with Gasteiger partial charge in [-0.1, -0.05) is 30.3 Å². The lowest BCUT2D eigenvalue weighted by Gasteiger charge is -1.99. The van der Waals surface area contributed by atoms with Crippen LogP contribution in [0.15, 0.2) is 98.3 Å². The van der Waals surface area contributed by atoms with Crippen molar-refractivity contribution in [3.8, 4) is 17.1 Å². The summed E-state index contributed by atoms with van der Waals surface area (Å²) in [5, 5.41) is 11.4. The van der Waals surface area contributed by atoms with Crippen molar-refractivity contribution >= 4 is 22.5 Å². The van der Waals surface area contributed by atoms with E-state index in [0.717, 1.165) is 22.4 Å². The Morgan fingerprint density at radius 2 is 1.63 bits per heavy atom. The third-order valence-corrected chi connectivity index (χ3v) is 4.73. The Labute approximate surface area is 171 Å². The maximum Gasteiger partial charge on any atom is 0.299 e. The van der Waals surface area contributed by atoms with E-state index in [9.17, 15) is 4.79 Å². The fourth-order valence-electron chi connectivity index (χ4n) is 3.19. The highest BCUT2D eigenvalue weighted by molar-refractivity contribution is 5.76. The number of hydrogen-bond acceptors (Lipinski definition) is 5. The lowest BCUT2D eigenvalue weighted by Crippen LogP contribution is -2.13. The van der Waals surface area contributed by atoms with Gasteiger partial charge in [-0.2, -0.15) is 5.11 Å². The first-order valence-corrected chi connectivity index (χ1v) is 9.44. The molecular formula is C23H17N5O2. The van der Waals surface area contributed by atoms with Crippen LogP contribution in [-0.2, 0) is 0 Å². The minimum absolute atomic E-state index is 0.245. The van der Waals surface area contributed by atoms with Crippen LogP contribution < -0.4 is 5.56 Å². The molecule has 0 aliphatic rings. The van der Waals surface area contributed by atoms with Gasteiger partial charge in [0, 0.05) is 5.56 Å². The topological polar surface area (TPSA) is 88.5 Å². The van der Waals surface area contributed by atoms with Crippen LogP contribution in [0.4, 0.5) is 11.4 Å². The van der Waals surface area contributed by atoms with Crippen molar-refractivity contribution < 1.29 is 4.42 Å². The van der Waals surface area contributed by atoms with Crippen LogP contribution in [0.5, 0.6) is 0 Å². The van der Waals surface area contributed by atoms with Crippen LogP contribution in [0.25, 0.3) is 28.2 Å². The van der Waals surface area contributed by atoms with Gasteiger partial charge < -0.3 is 4.42 Å². The first-order valence-electron chi connectivity index (χ1n) is 9.44. The Balaban J connectivity index is 1.41. The monoisotopic (exact) mass is 395 g/mol. The summed E-state index contributed by atoms with van der Waals surface area (Å²) in [6.45, 7) is 1.80. The molecule has 0 atom stereocenters. The summed E-state index contributed by atoms with van der Waals surface area (Å²) in [7, 11) is 0. The highest BCUT2D eigenvalue weighted by Crippen LogP contribution is 2.26. The van der Waals surface area contributed by atoms with Crippen LogP contribution in [0.2, 0.25) is 0 Å². The van der Waals surface area contributed by atoms with Crippen LogP contribution >= 0.6 is 0 Å². The van der Waals surface area contributed by atoms with E-state index in [1.165, 1.54) is 4.68 Å². The molecule has 0 fully saturated rings. The van der Waals surface area contributed by atoms with Gasteiger partial charge in [0.1, 0.15) is 5.52 Å². The fraction of sp³-hybridized carbons (Fsp3) is 0.0435. The fourth-order valence-corrected chi connectivity index (χ4v) is 3.19. The van der Waals surface area contributed by atoms with Gasteiger partial charge in [0.15, 0.2) is 11.3 Å². The number of aromatic nitrogens is 3. The molecule has 0 bridgehead atoms. The van der Waals surface area contributed by atoms with Gasteiger partial charge >= 0.3 is 0 Å². The van der Waals surface area contributed by atoms with E-state index in [2.05, 4.69) is 20.3 Å². The van der Waals surface area contributed by atoms with E-state index in [0.29, 0.717) is 17.3 Å². The number of H-pyrrole nitrogens is 1. The Hall–Kier alpha value is -4.26. The maximum absolute atomic E-state index is 12.7. The summed E-state index contributed by atoms with van der Waals surface area (Å²) in [5.41, 5.74) is 4.45. The van der Waals surface area contributed by atoms with E-state index in [1.807, 2.05) is 78.9 Å². The van der Waals surface area contributed by atoms with Gasteiger partial charge in [0.25, 0.3) is 5.56 Å². The molecule has 0 saturated heterocycles. The Kier molecular flexibility index (Phi) is 4.33. The summed E-state index contributed by atoms with van der Waals surface area (Å²) < 4.78 is 7.24. The number of fused-ring (bicyclic) bond motifs is 1. The molecule has 5 rings (SSSR count). The molecule has 7 heteroatoms. The lowest BCUT2D eigenvalue weighted by atomic mass is 10.2. The molecular weight excluding hydrogens is 378 g/mol. The van der Waals surface area contributed by atoms with Crippen LogP contribution in [-0.4, -0.2) is 14.8 Å². The van der Waals surface area contributed by atoms with Crippen molar-refractivity contribution in [3.05, 3.63) is 94.9 Å². The molecule has 146 valence electrons. The lowest BCUT2D eigenvalue weighted by molar-refractivity contribution is 0.620. The van der Waals surface area contributed by atoms with Crippen molar-refractivity contribution in [2.75, 3.05) is 0 Å². The molecule has 1 N–H and O–H groups in total. The van der Waals surface area contributed by atoms with Gasteiger partial charge in [-0.25, -0.2) is 9.67 Å². The molecule has 30 heavy (non-hydrogen) atoms. The number of nitrogens with zero attached hydrogens (tertiary/aromatic N) is 4. The summed E-state index contributed by atoms with van der Waals surface area (Å²) in [4.78, 5) is 17.2. The zero-order valence-corrected chi connectivity index (χ0v) is 16.1. The molecule has 0 aliphatic carbocycles. The molecule has 0 spiro atoms. The Morgan fingerprint density at radius 1 is 0.900 bits per heavy atom. The minimum atomic E-state index is -0.245. The van der Waals surface area contributed by atoms with E-state index in [4.69, 9.17) is 4.42 Å². The van der Waals surface area contributed by atoms with Gasteiger partial charge in [0.05, 0.1) is 17.1 Å². The number of hydrogen-bond donors (Lipinski definition) is 1. The predicted molar refractivity (Wildman–Crippen MR) is 115 cm³/mol. The van der Waals surface area contributed by atoms with Crippen LogP contribution in [0, 0.1) is 6.92 Å². The third-order valence-electron chi connectivity index (χ3n) is 4.73. The summed E-state index contributed by atoms with van der Waals surface area (Å²) >= 11 is 0. The van der Waals surface area contributed by atoms with Crippen molar-refractivity contribution in [2.45, 2.75) is 6.92 Å². The number of azo groups is 1. The van der Waals surface area contributed by atoms with Crippen molar-refractivity contribution in [3.63, 3.8) is 0 Å². The van der Waals surface area contributed by atoms with Gasteiger partial charge in [-0.15, -0.1) is 5.11 Å². The van der Waals surface area contributed by atoms with E-state index < -0.39 is 0 Å². The van der Waals surface area contributed by atoms with Gasteiger partial charge in [-0.3, -0.25) is 9.89 Å². The summed E-state index contributed by atoms with van der Waals surface area (Å²) in [6, 6.07) is 24.3. The van der Waals surface area contributed by atoms with E-state index in [1.54, 1.807) is 6.92 Å². The molecule has 2 aromatic heterocycles. The number of benzene rings is 3. The van der Waals surface area contributed by atoms with Gasteiger partial charge in [0.2, 0.25) is 5.89 Å². The zero-order chi connectivity index (χ0) is 20.5. The average Bonchev–Trinajstić information content (AvgIpc) is 3.34. The zero-order valence-electron chi connectivity index (χ0n) is 16.1. The number of oxazole rings is 1. The Bertz CT molecular complexity index is 1380. The quantitative estimate of drug-likeness (QED) is 0.396. The first kappa shape index (κ1) is 17.8. The smallest absolute Gasteiger partial charge is 0.299 e. The summed E-state index contributed by atoms with van der Waals surface area (Å²) in [5.74, 6) is 0.548. The second kappa shape index (κ2) is 7.29. The number of para-hydroxylation sites is 3. The maximum atomic E-state index is 12.7. The molecule has 0 unspecified atom stereocenters. The standard InChI is InChI=1S/C23H17N5O2/c1-15-21(23(29)28(27-15)18-7-3-2-4-8-18)26-25-17-13-11-16(12-14-17)22-24-19-9-5-6-10-20(19)30-22/h2-14,27H,1H3. The second-order valence-electron chi connectivity index (χ2n) is 6.80. The molecule has 0 radical (unpaired) electrons. The molecule has 7 nitrogen and oxygen atoms in total. The summed E-state index contributed by atoms with van der Waals surface area (Å²) in [6.07, 6.45) is 0. The number of aryl methyl sites for hydroxylation is 1. The molecule has 3 aromatic carbocycles. The normalized spacial score (nSPS) is 11.5. The van der Waals surface area contributed by atoms with Crippen molar-refractivity contribution in [2.24, 2.45) is 10.2 Å². The first-order chi connectivity index (χ1) is 14.7. The third kappa shape index (κ3) is 3.22. The van der Waals surface area contributed by atoms with Gasteiger partial charge in [-0.05, 0) is 55.5 Å². The second-order valence-corrected chi connectivity index (χ2v) is 6.80. The molecule has 0 aliphatic heterocycles. The molecule has 2 heterocycles.